The maximum atomic E-state index is 11.0. The number of ether oxygens (including phenoxy) is 1. The summed E-state index contributed by atoms with van der Waals surface area (Å²) in [6.45, 7) is 0.231. The predicted molar refractivity (Wildman–Crippen MR) is 105 cm³/mol. The Labute approximate surface area is 162 Å². The van der Waals surface area contributed by atoms with Crippen molar-refractivity contribution in [2.75, 3.05) is 0 Å². The van der Waals surface area contributed by atoms with Crippen molar-refractivity contribution in [3.63, 3.8) is 0 Å². The summed E-state index contributed by atoms with van der Waals surface area (Å²) in [5.74, 6) is 0.670. The van der Waals surface area contributed by atoms with Crippen molar-refractivity contribution in [1.82, 2.24) is 4.98 Å². The lowest BCUT2D eigenvalue weighted by atomic mass is 10.0. The van der Waals surface area contributed by atoms with Gasteiger partial charge in [-0.15, -0.1) is 0 Å². The first-order valence-electron chi connectivity index (χ1n) is 7.31. The molecule has 0 N–H and O–H groups in total. The van der Waals surface area contributed by atoms with E-state index >= 15 is 0 Å². The van der Waals surface area contributed by atoms with Gasteiger partial charge in [0.25, 0.3) is 5.69 Å². The monoisotopic (exact) mass is 466 g/mol. The first-order chi connectivity index (χ1) is 12.0. The van der Waals surface area contributed by atoms with E-state index < -0.39 is 4.92 Å². The molecule has 0 unspecified atom stereocenters. The second-order valence-corrected chi connectivity index (χ2v) is 6.77. The SMILES string of the molecule is O=[N+]([O-])c1cccc(-c2cccnc2COc2cc(Cl)ccc2I)c1. The molecule has 3 aromatic rings. The highest BCUT2D eigenvalue weighted by Crippen LogP contribution is 2.29. The van der Waals surface area contributed by atoms with Crippen LogP contribution in [0.5, 0.6) is 5.75 Å². The number of nitro groups is 1. The number of pyridine rings is 1. The van der Waals surface area contributed by atoms with Gasteiger partial charge in [0.2, 0.25) is 0 Å². The highest BCUT2D eigenvalue weighted by molar-refractivity contribution is 14.1. The molecular weight excluding hydrogens is 455 g/mol. The van der Waals surface area contributed by atoms with E-state index in [-0.39, 0.29) is 12.3 Å². The minimum absolute atomic E-state index is 0.0395. The number of non-ortho nitro benzene ring substituents is 1. The Morgan fingerprint density at radius 2 is 2.00 bits per heavy atom. The van der Waals surface area contributed by atoms with Gasteiger partial charge in [0.1, 0.15) is 12.4 Å². The van der Waals surface area contributed by atoms with E-state index in [9.17, 15) is 10.1 Å². The molecule has 0 amide bonds. The first kappa shape index (κ1) is 17.6. The number of hydrogen-bond donors (Lipinski definition) is 0. The maximum absolute atomic E-state index is 11.0. The number of nitro benzene ring substituents is 1. The number of nitrogens with zero attached hydrogens (tertiary/aromatic N) is 2. The summed E-state index contributed by atoms with van der Waals surface area (Å²) < 4.78 is 6.79. The van der Waals surface area contributed by atoms with E-state index in [2.05, 4.69) is 27.6 Å². The van der Waals surface area contributed by atoms with E-state index in [0.717, 1.165) is 14.7 Å². The average molecular weight is 467 g/mol. The molecule has 0 radical (unpaired) electrons. The standard InChI is InChI=1S/C18H12ClIN2O3/c19-13-6-7-16(20)18(10-13)25-11-17-15(5-2-8-21-17)12-3-1-4-14(9-12)22(23)24/h1-10H,11H2. The summed E-state index contributed by atoms with van der Waals surface area (Å²) in [5, 5.41) is 11.6. The molecule has 5 nitrogen and oxygen atoms in total. The van der Waals surface area contributed by atoms with Gasteiger partial charge in [0.15, 0.2) is 0 Å². The molecule has 7 heteroatoms. The Hall–Kier alpha value is -2.19. The molecule has 1 heterocycles. The smallest absolute Gasteiger partial charge is 0.270 e. The van der Waals surface area contributed by atoms with Crippen LogP contribution in [0.15, 0.2) is 60.8 Å². The fourth-order valence-corrected chi connectivity index (χ4v) is 2.99. The predicted octanol–water partition coefficient (Wildman–Crippen LogP) is 5.49. The molecule has 0 spiro atoms. The van der Waals surface area contributed by atoms with Gasteiger partial charge in [-0.05, 0) is 52.4 Å². The van der Waals surface area contributed by atoms with Crippen LogP contribution in [0, 0.1) is 13.7 Å². The molecule has 0 aliphatic rings. The topological polar surface area (TPSA) is 65.3 Å². The number of benzene rings is 2. The van der Waals surface area contributed by atoms with Crippen molar-refractivity contribution < 1.29 is 9.66 Å². The van der Waals surface area contributed by atoms with Crippen molar-refractivity contribution in [3.8, 4) is 16.9 Å². The van der Waals surface area contributed by atoms with Gasteiger partial charge < -0.3 is 4.74 Å². The van der Waals surface area contributed by atoms with E-state index in [4.69, 9.17) is 16.3 Å². The first-order valence-corrected chi connectivity index (χ1v) is 8.77. The zero-order chi connectivity index (χ0) is 17.8. The van der Waals surface area contributed by atoms with Gasteiger partial charge in [0, 0.05) is 28.9 Å². The summed E-state index contributed by atoms with van der Waals surface area (Å²) in [4.78, 5) is 15.0. The van der Waals surface area contributed by atoms with Gasteiger partial charge in [-0.2, -0.15) is 0 Å². The van der Waals surface area contributed by atoms with Crippen LogP contribution in [0.1, 0.15) is 5.69 Å². The lowest BCUT2D eigenvalue weighted by Crippen LogP contribution is -2.02. The van der Waals surface area contributed by atoms with Crippen molar-refractivity contribution in [3.05, 3.63) is 85.2 Å². The quantitative estimate of drug-likeness (QED) is 0.283. The largest absolute Gasteiger partial charge is 0.486 e. The van der Waals surface area contributed by atoms with Gasteiger partial charge >= 0.3 is 0 Å². The van der Waals surface area contributed by atoms with Crippen molar-refractivity contribution in [2.24, 2.45) is 0 Å². The maximum Gasteiger partial charge on any atom is 0.270 e. The zero-order valence-electron chi connectivity index (χ0n) is 12.9. The van der Waals surface area contributed by atoms with E-state index in [1.54, 1.807) is 30.5 Å². The highest BCUT2D eigenvalue weighted by atomic mass is 127. The third-order valence-corrected chi connectivity index (χ3v) is 4.64. The molecule has 0 aliphatic carbocycles. The second kappa shape index (κ2) is 7.79. The van der Waals surface area contributed by atoms with E-state index in [1.165, 1.54) is 12.1 Å². The van der Waals surface area contributed by atoms with Gasteiger partial charge in [-0.25, -0.2) is 0 Å². The Balaban J connectivity index is 1.90. The molecule has 3 rings (SSSR count). The number of hydrogen-bond acceptors (Lipinski definition) is 4. The number of rotatable bonds is 5. The average Bonchev–Trinajstić information content (AvgIpc) is 2.63. The third kappa shape index (κ3) is 4.26. The molecule has 0 fully saturated rings. The highest BCUT2D eigenvalue weighted by Gasteiger charge is 2.12. The van der Waals surface area contributed by atoms with Crippen LogP contribution in [0.4, 0.5) is 5.69 Å². The van der Waals surface area contributed by atoms with Crippen molar-refractivity contribution in [2.45, 2.75) is 6.61 Å². The van der Waals surface area contributed by atoms with Crippen LogP contribution in [-0.4, -0.2) is 9.91 Å². The zero-order valence-corrected chi connectivity index (χ0v) is 15.8. The summed E-state index contributed by atoms with van der Waals surface area (Å²) in [6.07, 6.45) is 1.67. The fraction of sp³-hybridized carbons (Fsp3) is 0.0556. The minimum atomic E-state index is -0.412. The van der Waals surface area contributed by atoms with Crippen LogP contribution in [0.3, 0.4) is 0 Å². The second-order valence-electron chi connectivity index (χ2n) is 5.17. The van der Waals surface area contributed by atoms with Crippen LogP contribution < -0.4 is 4.74 Å². The Bertz CT molecular complexity index is 934. The van der Waals surface area contributed by atoms with Crippen LogP contribution in [0.25, 0.3) is 11.1 Å². The lowest BCUT2D eigenvalue weighted by molar-refractivity contribution is -0.384. The lowest BCUT2D eigenvalue weighted by Gasteiger charge is -2.11. The molecule has 25 heavy (non-hydrogen) atoms. The Morgan fingerprint density at radius 1 is 1.16 bits per heavy atom. The summed E-state index contributed by atoms with van der Waals surface area (Å²) >= 11 is 8.18. The molecule has 126 valence electrons. The molecular formula is C18H12ClIN2O3. The normalized spacial score (nSPS) is 10.5. The Kier molecular flexibility index (Phi) is 5.50. The number of halogens is 2. The van der Waals surface area contributed by atoms with Crippen molar-refractivity contribution >= 4 is 39.9 Å². The van der Waals surface area contributed by atoms with Crippen LogP contribution in [-0.2, 0) is 6.61 Å². The van der Waals surface area contributed by atoms with Gasteiger partial charge in [-0.1, -0.05) is 29.8 Å². The van der Waals surface area contributed by atoms with E-state index in [1.807, 2.05) is 18.2 Å². The molecule has 0 saturated heterocycles. The molecule has 2 aromatic carbocycles. The van der Waals surface area contributed by atoms with E-state index in [0.29, 0.717) is 16.5 Å². The molecule has 0 aliphatic heterocycles. The fourth-order valence-electron chi connectivity index (χ4n) is 2.34. The molecule has 0 saturated carbocycles. The summed E-state index contributed by atoms with van der Waals surface area (Å²) in [6, 6.07) is 15.5. The third-order valence-electron chi connectivity index (χ3n) is 3.52. The molecule has 0 atom stereocenters. The van der Waals surface area contributed by atoms with Crippen LogP contribution >= 0.6 is 34.2 Å². The molecule has 1 aromatic heterocycles. The summed E-state index contributed by atoms with van der Waals surface area (Å²) in [7, 11) is 0. The minimum Gasteiger partial charge on any atom is -0.486 e. The van der Waals surface area contributed by atoms with Gasteiger partial charge in [0.05, 0.1) is 14.2 Å². The number of aromatic nitrogens is 1. The molecule has 0 bridgehead atoms. The Morgan fingerprint density at radius 3 is 2.80 bits per heavy atom. The van der Waals surface area contributed by atoms with Crippen molar-refractivity contribution in [1.29, 1.82) is 0 Å². The van der Waals surface area contributed by atoms with Crippen LogP contribution in [0.2, 0.25) is 5.02 Å². The summed E-state index contributed by atoms with van der Waals surface area (Å²) in [5.41, 5.74) is 2.25. The van der Waals surface area contributed by atoms with Gasteiger partial charge in [-0.3, -0.25) is 15.1 Å².